The first kappa shape index (κ1) is 15.1. The molecule has 102 valence electrons. The van der Waals surface area contributed by atoms with Crippen molar-refractivity contribution in [2.75, 3.05) is 6.61 Å². The van der Waals surface area contributed by atoms with E-state index in [9.17, 15) is 9.59 Å². The lowest BCUT2D eigenvalue weighted by Crippen LogP contribution is -2.15. The van der Waals surface area contributed by atoms with E-state index in [0.717, 1.165) is 11.1 Å². The molecule has 19 heavy (non-hydrogen) atoms. The van der Waals surface area contributed by atoms with Crippen LogP contribution in [-0.2, 0) is 14.3 Å². The molecule has 4 heteroatoms. The highest BCUT2D eigenvalue weighted by Gasteiger charge is 2.18. The van der Waals surface area contributed by atoms with Gasteiger partial charge in [0.25, 0.3) is 0 Å². The Kier molecular flexibility index (Phi) is 5.93. The normalized spacial score (nSPS) is 11.2. The smallest absolute Gasteiger partial charge is 0.341 e. The molecule has 0 atom stereocenters. The van der Waals surface area contributed by atoms with Crippen LogP contribution in [0.2, 0.25) is 0 Å². The largest absolute Gasteiger partial charge is 0.462 e. The van der Waals surface area contributed by atoms with Gasteiger partial charge < -0.3 is 4.74 Å². The number of hydrogen-bond acceptors (Lipinski definition) is 4. The summed E-state index contributed by atoms with van der Waals surface area (Å²) >= 11 is 0. The zero-order valence-electron chi connectivity index (χ0n) is 11.6. The molecule has 0 fully saturated rings. The minimum atomic E-state index is -0.567. The second kappa shape index (κ2) is 7.46. The Morgan fingerprint density at radius 3 is 2.63 bits per heavy atom. The highest BCUT2D eigenvalue weighted by atomic mass is 16.5. The van der Waals surface area contributed by atoms with Gasteiger partial charge in [0, 0.05) is 18.8 Å². The molecule has 0 aromatic carbocycles. The van der Waals surface area contributed by atoms with Gasteiger partial charge in [0.15, 0.2) is 5.78 Å². The maximum Gasteiger partial charge on any atom is 0.341 e. The molecular formula is C15H19NO3. The minimum Gasteiger partial charge on any atom is -0.462 e. The van der Waals surface area contributed by atoms with Gasteiger partial charge in [-0.1, -0.05) is 6.92 Å². The second-order valence-corrected chi connectivity index (χ2v) is 4.25. The molecule has 0 amide bonds. The number of pyridine rings is 1. The van der Waals surface area contributed by atoms with Gasteiger partial charge in [0.2, 0.25) is 0 Å². The number of nitrogens with zero attached hydrogens (tertiary/aromatic N) is 1. The van der Waals surface area contributed by atoms with Crippen LogP contribution < -0.4 is 0 Å². The summed E-state index contributed by atoms with van der Waals surface area (Å²) in [6, 6.07) is 1.87. The molecule has 1 aromatic heterocycles. The topological polar surface area (TPSA) is 56.3 Å². The Morgan fingerprint density at radius 2 is 2.05 bits per heavy atom. The van der Waals surface area contributed by atoms with Crippen LogP contribution in [0, 0.1) is 6.92 Å². The van der Waals surface area contributed by atoms with Crippen LogP contribution in [0.25, 0.3) is 6.08 Å². The van der Waals surface area contributed by atoms with E-state index in [1.807, 2.05) is 19.9 Å². The van der Waals surface area contributed by atoms with Crippen molar-refractivity contribution in [2.45, 2.75) is 33.6 Å². The summed E-state index contributed by atoms with van der Waals surface area (Å²) in [7, 11) is 0. The molecule has 1 heterocycles. The molecule has 1 rings (SSSR count). The van der Waals surface area contributed by atoms with Gasteiger partial charge in [-0.25, -0.2) is 4.79 Å². The fraction of sp³-hybridized carbons (Fsp3) is 0.400. The minimum absolute atomic E-state index is 0.0936. The Balaban J connectivity index is 3.08. The van der Waals surface area contributed by atoms with Gasteiger partial charge in [-0.05, 0) is 43.5 Å². The van der Waals surface area contributed by atoms with E-state index in [4.69, 9.17) is 4.74 Å². The summed E-state index contributed by atoms with van der Waals surface area (Å²) in [4.78, 5) is 27.8. The van der Waals surface area contributed by atoms with Crippen LogP contribution in [-0.4, -0.2) is 23.3 Å². The van der Waals surface area contributed by atoms with Crippen molar-refractivity contribution >= 4 is 17.8 Å². The number of Topliss-reactive ketones (excluding diaryl/α,β-unsaturated/α-hetero) is 1. The van der Waals surface area contributed by atoms with Crippen LogP contribution in [0.15, 0.2) is 24.0 Å². The van der Waals surface area contributed by atoms with Crippen molar-refractivity contribution in [1.29, 1.82) is 0 Å². The van der Waals surface area contributed by atoms with Crippen LogP contribution >= 0.6 is 0 Å². The van der Waals surface area contributed by atoms with Gasteiger partial charge in [-0.15, -0.1) is 0 Å². The van der Waals surface area contributed by atoms with Crippen LogP contribution in [0.3, 0.4) is 0 Å². The molecule has 0 N–H and O–H groups in total. The van der Waals surface area contributed by atoms with Crippen molar-refractivity contribution in [2.24, 2.45) is 0 Å². The molecule has 4 nitrogen and oxygen atoms in total. The van der Waals surface area contributed by atoms with E-state index < -0.39 is 5.97 Å². The average Bonchev–Trinajstić information content (AvgIpc) is 2.36. The lowest BCUT2D eigenvalue weighted by Gasteiger charge is -2.06. The number of carbonyl (C=O) groups is 2. The number of carbonyl (C=O) groups excluding carboxylic acids is 2. The molecule has 0 aliphatic rings. The quantitative estimate of drug-likeness (QED) is 0.342. The molecular weight excluding hydrogens is 242 g/mol. The highest BCUT2D eigenvalue weighted by molar-refractivity contribution is 6.20. The first-order valence-electron chi connectivity index (χ1n) is 6.42. The number of aryl methyl sites for hydroxylation is 1. The van der Waals surface area contributed by atoms with Crippen LogP contribution in [0.5, 0.6) is 0 Å². The average molecular weight is 261 g/mol. The van der Waals surface area contributed by atoms with Crippen LogP contribution in [0.1, 0.15) is 37.8 Å². The first-order chi connectivity index (χ1) is 9.08. The van der Waals surface area contributed by atoms with Crippen molar-refractivity contribution in [3.05, 3.63) is 35.2 Å². The van der Waals surface area contributed by atoms with Gasteiger partial charge in [-0.3, -0.25) is 9.78 Å². The molecule has 0 bridgehead atoms. The lowest BCUT2D eigenvalue weighted by molar-refractivity contribution is -0.139. The van der Waals surface area contributed by atoms with E-state index >= 15 is 0 Å². The maximum atomic E-state index is 12.0. The highest BCUT2D eigenvalue weighted by Crippen LogP contribution is 2.12. The Hall–Kier alpha value is -1.97. The van der Waals surface area contributed by atoms with Gasteiger partial charge in [0.05, 0.1) is 6.61 Å². The number of hydrogen-bond donors (Lipinski definition) is 0. The lowest BCUT2D eigenvalue weighted by atomic mass is 10.0. The zero-order chi connectivity index (χ0) is 14.3. The molecule has 0 aliphatic heterocycles. The van der Waals surface area contributed by atoms with E-state index in [1.165, 1.54) is 0 Å². The van der Waals surface area contributed by atoms with E-state index in [2.05, 4.69) is 4.98 Å². The van der Waals surface area contributed by atoms with Crippen molar-refractivity contribution in [1.82, 2.24) is 4.98 Å². The van der Waals surface area contributed by atoms with Crippen LogP contribution in [0.4, 0.5) is 0 Å². The summed E-state index contributed by atoms with van der Waals surface area (Å²) in [6.45, 7) is 5.77. The third kappa shape index (κ3) is 4.66. The first-order valence-corrected chi connectivity index (χ1v) is 6.42. The molecule has 0 unspecified atom stereocenters. The Morgan fingerprint density at radius 1 is 1.32 bits per heavy atom. The molecule has 0 spiro atoms. The molecule has 0 radical (unpaired) electrons. The Labute approximate surface area is 113 Å². The fourth-order valence-electron chi connectivity index (χ4n) is 1.65. The molecule has 0 aliphatic carbocycles. The summed E-state index contributed by atoms with van der Waals surface area (Å²) in [5, 5.41) is 0. The zero-order valence-corrected chi connectivity index (χ0v) is 11.6. The number of esters is 1. The maximum absolute atomic E-state index is 12.0. The summed E-state index contributed by atoms with van der Waals surface area (Å²) in [5.74, 6) is -0.759. The second-order valence-electron chi connectivity index (χ2n) is 4.25. The monoisotopic (exact) mass is 261 g/mol. The number of ether oxygens (including phenoxy) is 1. The number of rotatable bonds is 6. The standard InChI is InChI=1S/C15H19NO3/c1-4-6-14(17)13(15(18)19-5-2)8-12-7-11(3)9-16-10-12/h7-10H,4-6H2,1-3H3/b13-8-. The Bertz CT molecular complexity index is 472. The van der Waals surface area contributed by atoms with Gasteiger partial charge >= 0.3 is 5.97 Å². The number of aromatic nitrogens is 1. The van der Waals surface area contributed by atoms with Crippen molar-refractivity contribution < 1.29 is 14.3 Å². The number of ketones is 1. The van der Waals surface area contributed by atoms with E-state index in [1.54, 1.807) is 25.4 Å². The molecule has 0 saturated carbocycles. The predicted molar refractivity (Wildman–Crippen MR) is 73.5 cm³/mol. The fourth-order valence-corrected chi connectivity index (χ4v) is 1.65. The third-order valence-electron chi connectivity index (χ3n) is 2.48. The summed E-state index contributed by atoms with van der Waals surface area (Å²) in [5.41, 5.74) is 1.79. The predicted octanol–water partition coefficient (Wildman–Crippen LogP) is 2.71. The van der Waals surface area contributed by atoms with Gasteiger partial charge in [0.1, 0.15) is 5.57 Å². The summed E-state index contributed by atoms with van der Waals surface area (Å²) in [6.07, 6.45) is 5.92. The van der Waals surface area contributed by atoms with Crippen molar-refractivity contribution in [3.8, 4) is 0 Å². The SMILES string of the molecule is CCCC(=O)/C(=C/c1cncc(C)c1)C(=O)OCC. The molecule has 0 saturated heterocycles. The summed E-state index contributed by atoms with van der Waals surface area (Å²) < 4.78 is 4.93. The van der Waals surface area contributed by atoms with E-state index in [0.29, 0.717) is 12.8 Å². The van der Waals surface area contributed by atoms with E-state index in [-0.39, 0.29) is 18.0 Å². The van der Waals surface area contributed by atoms with Crippen molar-refractivity contribution in [3.63, 3.8) is 0 Å². The third-order valence-corrected chi connectivity index (χ3v) is 2.48. The molecule has 1 aromatic rings. The van der Waals surface area contributed by atoms with Gasteiger partial charge in [-0.2, -0.15) is 0 Å².